The van der Waals surface area contributed by atoms with Gasteiger partial charge in [-0.15, -0.1) is 0 Å². The summed E-state index contributed by atoms with van der Waals surface area (Å²) in [6.07, 6.45) is 3.69. The first-order valence-corrected chi connectivity index (χ1v) is 6.75. The number of benzene rings is 1. The molecule has 108 valence electrons. The number of aromatic nitrogens is 2. The van der Waals surface area contributed by atoms with Crippen LogP contribution in [-0.2, 0) is 6.54 Å². The summed E-state index contributed by atoms with van der Waals surface area (Å²) in [6, 6.07) is 9.75. The lowest BCUT2D eigenvalue weighted by atomic mass is 10.1. The Kier molecular flexibility index (Phi) is 3.66. The molecule has 0 saturated carbocycles. The van der Waals surface area contributed by atoms with E-state index < -0.39 is 11.6 Å². The molecule has 0 aliphatic rings. The molecule has 0 amide bonds. The van der Waals surface area contributed by atoms with Crippen molar-refractivity contribution >= 4 is 5.52 Å². The minimum Gasteiger partial charge on any atom is -0.306 e. The Balaban J connectivity index is 1.73. The van der Waals surface area contributed by atoms with Crippen LogP contribution in [0.2, 0.25) is 0 Å². The summed E-state index contributed by atoms with van der Waals surface area (Å²) >= 11 is 0. The second kappa shape index (κ2) is 5.61. The van der Waals surface area contributed by atoms with Gasteiger partial charge in [0.15, 0.2) is 11.6 Å². The zero-order valence-electron chi connectivity index (χ0n) is 11.6. The van der Waals surface area contributed by atoms with Gasteiger partial charge in [0.25, 0.3) is 0 Å². The highest BCUT2D eigenvalue weighted by molar-refractivity contribution is 5.53. The van der Waals surface area contributed by atoms with Crippen molar-refractivity contribution in [1.82, 2.24) is 14.9 Å². The summed E-state index contributed by atoms with van der Waals surface area (Å²) in [5, 5.41) is 7.56. The summed E-state index contributed by atoms with van der Waals surface area (Å²) in [4.78, 5) is 0. The Morgan fingerprint density at radius 2 is 2.05 bits per heavy atom. The van der Waals surface area contributed by atoms with E-state index in [4.69, 9.17) is 0 Å². The van der Waals surface area contributed by atoms with E-state index in [2.05, 4.69) is 10.4 Å². The third-order valence-corrected chi connectivity index (χ3v) is 3.55. The van der Waals surface area contributed by atoms with Crippen LogP contribution in [0, 0.1) is 11.6 Å². The topological polar surface area (TPSA) is 29.3 Å². The van der Waals surface area contributed by atoms with Gasteiger partial charge in [0, 0.05) is 24.3 Å². The minimum absolute atomic E-state index is 0.0845. The summed E-state index contributed by atoms with van der Waals surface area (Å²) < 4.78 is 28.0. The maximum absolute atomic E-state index is 13.2. The van der Waals surface area contributed by atoms with Gasteiger partial charge < -0.3 is 5.32 Å². The van der Waals surface area contributed by atoms with Crippen LogP contribution in [0.25, 0.3) is 5.52 Å². The molecule has 0 bridgehead atoms. The molecule has 1 atom stereocenters. The number of hydrogen-bond donors (Lipinski definition) is 1. The van der Waals surface area contributed by atoms with E-state index in [9.17, 15) is 8.78 Å². The van der Waals surface area contributed by atoms with Crippen LogP contribution < -0.4 is 5.32 Å². The van der Waals surface area contributed by atoms with Crippen molar-refractivity contribution in [1.29, 1.82) is 0 Å². The molecule has 0 fully saturated rings. The van der Waals surface area contributed by atoms with E-state index in [0.29, 0.717) is 12.1 Å². The molecule has 0 saturated heterocycles. The Hall–Kier alpha value is -2.27. The van der Waals surface area contributed by atoms with Gasteiger partial charge in [-0.2, -0.15) is 5.10 Å². The van der Waals surface area contributed by atoms with Gasteiger partial charge in [0.2, 0.25) is 0 Å². The highest BCUT2D eigenvalue weighted by atomic mass is 19.2. The largest absolute Gasteiger partial charge is 0.306 e. The lowest BCUT2D eigenvalue weighted by molar-refractivity contribution is 0.500. The van der Waals surface area contributed by atoms with Gasteiger partial charge in [0.1, 0.15) is 0 Å². The minimum atomic E-state index is -0.825. The fourth-order valence-corrected chi connectivity index (χ4v) is 2.29. The van der Waals surface area contributed by atoms with Crippen LogP contribution >= 0.6 is 0 Å². The van der Waals surface area contributed by atoms with Crippen molar-refractivity contribution in [2.45, 2.75) is 19.5 Å². The Morgan fingerprint density at radius 3 is 2.86 bits per heavy atom. The van der Waals surface area contributed by atoms with Crippen LogP contribution in [0.1, 0.15) is 24.1 Å². The number of rotatable bonds is 4. The average Bonchev–Trinajstić information content (AvgIpc) is 2.91. The van der Waals surface area contributed by atoms with E-state index in [1.807, 2.05) is 31.3 Å². The number of fused-ring (bicyclic) bond motifs is 1. The van der Waals surface area contributed by atoms with Crippen LogP contribution in [0.3, 0.4) is 0 Å². The monoisotopic (exact) mass is 287 g/mol. The highest BCUT2D eigenvalue weighted by Gasteiger charge is 2.10. The number of nitrogens with zero attached hydrogens (tertiary/aromatic N) is 2. The number of nitrogens with one attached hydrogen (secondary N) is 1. The maximum Gasteiger partial charge on any atom is 0.159 e. The molecule has 0 aliphatic heterocycles. The molecule has 5 heteroatoms. The maximum atomic E-state index is 13.2. The molecule has 1 unspecified atom stereocenters. The molecule has 21 heavy (non-hydrogen) atoms. The second-order valence-electron chi connectivity index (χ2n) is 4.98. The molecule has 1 aromatic carbocycles. The second-order valence-corrected chi connectivity index (χ2v) is 4.98. The number of halogens is 2. The van der Waals surface area contributed by atoms with Gasteiger partial charge in [-0.1, -0.05) is 12.1 Å². The molecule has 2 aromatic heterocycles. The zero-order chi connectivity index (χ0) is 14.8. The first-order chi connectivity index (χ1) is 10.1. The Bertz CT molecular complexity index is 767. The molecule has 3 rings (SSSR count). The summed E-state index contributed by atoms with van der Waals surface area (Å²) in [6.45, 7) is 2.52. The molecule has 0 aliphatic carbocycles. The quantitative estimate of drug-likeness (QED) is 0.796. The third-order valence-electron chi connectivity index (χ3n) is 3.55. The van der Waals surface area contributed by atoms with Gasteiger partial charge >= 0.3 is 0 Å². The standard InChI is InChI=1S/C16H15F2N3/c1-11(12-5-6-14(17)15(18)8-12)19-9-13-10-20-21-7-3-2-4-16(13)21/h2-8,10-11,19H,9H2,1H3. The van der Waals surface area contributed by atoms with Crippen LogP contribution in [0.4, 0.5) is 8.78 Å². The lowest BCUT2D eigenvalue weighted by Crippen LogP contribution is -2.18. The van der Waals surface area contributed by atoms with Crippen LogP contribution in [-0.4, -0.2) is 9.61 Å². The lowest BCUT2D eigenvalue weighted by Gasteiger charge is -2.14. The summed E-state index contributed by atoms with van der Waals surface area (Å²) in [5.41, 5.74) is 2.80. The van der Waals surface area contributed by atoms with E-state index in [1.165, 1.54) is 6.07 Å². The summed E-state index contributed by atoms with van der Waals surface area (Å²) in [7, 11) is 0. The van der Waals surface area contributed by atoms with Crippen molar-refractivity contribution in [3.63, 3.8) is 0 Å². The molecular formula is C16H15F2N3. The summed E-state index contributed by atoms with van der Waals surface area (Å²) in [5.74, 6) is -1.65. The van der Waals surface area contributed by atoms with Gasteiger partial charge in [-0.3, -0.25) is 0 Å². The third kappa shape index (κ3) is 2.78. The fraction of sp³-hybridized carbons (Fsp3) is 0.188. The smallest absolute Gasteiger partial charge is 0.159 e. The SMILES string of the molecule is CC(NCc1cnn2ccccc12)c1ccc(F)c(F)c1. The molecule has 2 heterocycles. The molecule has 3 aromatic rings. The first kappa shape index (κ1) is 13.7. The average molecular weight is 287 g/mol. The Labute approximate surface area is 121 Å². The Morgan fingerprint density at radius 1 is 1.19 bits per heavy atom. The zero-order valence-corrected chi connectivity index (χ0v) is 11.6. The van der Waals surface area contributed by atoms with E-state index in [0.717, 1.165) is 17.1 Å². The first-order valence-electron chi connectivity index (χ1n) is 6.75. The molecular weight excluding hydrogens is 272 g/mol. The van der Waals surface area contributed by atoms with Crippen molar-refractivity contribution in [2.24, 2.45) is 0 Å². The highest BCUT2D eigenvalue weighted by Crippen LogP contribution is 2.17. The van der Waals surface area contributed by atoms with E-state index in [1.54, 1.807) is 16.8 Å². The van der Waals surface area contributed by atoms with Crippen molar-refractivity contribution in [3.8, 4) is 0 Å². The molecule has 0 radical (unpaired) electrons. The van der Waals surface area contributed by atoms with Crippen molar-refractivity contribution in [3.05, 3.63) is 71.6 Å². The molecule has 1 N–H and O–H groups in total. The predicted octanol–water partition coefficient (Wildman–Crippen LogP) is 3.46. The van der Waals surface area contributed by atoms with E-state index in [-0.39, 0.29) is 6.04 Å². The normalized spacial score (nSPS) is 12.7. The molecule has 0 spiro atoms. The van der Waals surface area contributed by atoms with Gasteiger partial charge in [-0.05, 0) is 36.8 Å². The number of hydrogen-bond acceptors (Lipinski definition) is 2. The van der Waals surface area contributed by atoms with Gasteiger partial charge in [0.05, 0.1) is 11.7 Å². The molecule has 3 nitrogen and oxygen atoms in total. The van der Waals surface area contributed by atoms with Gasteiger partial charge in [-0.25, -0.2) is 13.3 Å². The fourth-order valence-electron chi connectivity index (χ4n) is 2.29. The van der Waals surface area contributed by atoms with Crippen LogP contribution in [0.5, 0.6) is 0 Å². The van der Waals surface area contributed by atoms with Crippen molar-refractivity contribution < 1.29 is 8.78 Å². The predicted molar refractivity (Wildman–Crippen MR) is 76.8 cm³/mol. The van der Waals surface area contributed by atoms with E-state index >= 15 is 0 Å². The van der Waals surface area contributed by atoms with Crippen molar-refractivity contribution in [2.75, 3.05) is 0 Å². The number of pyridine rings is 1. The van der Waals surface area contributed by atoms with Crippen LogP contribution in [0.15, 0.2) is 48.8 Å².